The lowest BCUT2D eigenvalue weighted by Gasteiger charge is -2.23. The first-order valence-corrected chi connectivity index (χ1v) is 5.61. The molecule has 5 N–H and O–H groups in total. The lowest BCUT2D eigenvalue weighted by atomic mass is 10.1. The highest BCUT2D eigenvalue weighted by atomic mass is 16.6. The van der Waals surface area contributed by atoms with Crippen molar-refractivity contribution >= 4 is 23.2 Å². The molecule has 1 fully saturated rings. The normalized spacial score (nSPS) is 18.6. The first-order valence-electron chi connectivity index (χ1n) is 5.61. The molecule has 1 unspecified atom stereocenters. The van der Waals surface area contributed by atoms with Gasteiger partial charge in [-0.2, -0.15) is 0 Å². The summed E-state index contributed by atoms with van der Waals surface area (Å²) >= 11 is 0. The molecule has 0 aliphatic carbocycles. The second-order valence-corrected chi connectivity index (χ2v) is 4.00. The van der Waals surface area contributed by atoms with E-state index in [1.807, 2.05) is 0 Å². The van der Waals surface area contributed by atoms with Crippen molar-refractivity contribution in [3.63, 3.8) is 0 Å². The number of hydrazine groups is 1. The van der Waals surface area contributed by atoms with Crippen LogP contribution in [0.2, 0.25) is 0 Å². The molecule has 1 aromatic rings. The fourth-order valence-corrected chi connectivity index (χ4v) is 1.81. The van der Waals surface area contributed by atoms with Gasteiger partial charge in [0.25, 0.3) is 0 Å². The summed E-state index contributed by atoms with van der Waals surface area (Å²) in [5.41, 5.74) is 1.84. The van der Waals surface area contributed by atoms with Crippen LogP contribution < -0.4 is 21.9 Å². The highest BCUT2D eigenvalue weighted by molar-refractivity contribution is 5.77. The number of nitrogens with two attached hydrogens (primary N) is 1. The molecule has 1 aliphatic rings. The van der Waals surface area contributed by atoms with E-state index in [2.05, 4.69) is 26.0 Å². The molecule has 10 nitrogen and oxygen atoms in total. The molecule has 1 amide bonds. The molecule has 1 atom stereocenters. The van der Waals surface area contributed by atoms with Crippen molar-refractivity contribution in [1.82, 2.24) is 15.3 Å². The van der Waals surface area contributed by atoms with Crippen LogP contribution in [-0.2, 0) is 4.79 Å². The Balaban J connectivity index is 2.20. The molecular formula is C9H13N7O3. The Bertz CT molecular complexity index is 497. The van der Waals surface area contributed by atoms with Crippen molar-refractivity contribution in [3.05, 3.63) is 16.4 Å². The fourth-order valence-electron chi connectivity index (χ4n) is 1.81. The summed E-state index contributed by atoms with van der Waals surface area (Å²) in [7, 11) is 0. The Labute approximate surface area is 107 Å². The van der Waals surface area contributed by atoms with E-state index >= 15 is 0 Å². The Morgan fingerprint density at radius 1 is 1.47 bits per heavy atom. The maximum absolute atomic E-state index is 11.0. The number of nitrogens with one attached hydrogen (secondary N) is 3. The van der Waals surface area contributed by atoms with Gasteiger partial charge in [0, 0.05) is 19.0 Å². The van der Waals surface area contributed by atoms with Gasteiger partial charge in [-0.15, -0.1) is 0 Å². The second-order valence-electron chi connectivity index (χ2n) is 4.00. The summed E-state index contributed by atoms with van der Waals surface area (Å²) in [6.45, 7) is 0.394. The first-order chi connectivity index (χ1) is 9.11. The van der Waals surface area contributed by atoms with E-state index in [0.717, 1.165) is 0 Å². The van der Waals surface area contributed by atoms with Crippen molar-refractivity contribution in [1.29, 1.82) is 0 Å². The van der Waals surface area contributed by atoms with E-state index in [4.69, 9.17) is 5.84 Å². The number of amides is 1. The molecule has 19 heavy (non-hydrogen) atoms. The summed E-state index contributed by atoms with van der Waals surface area (Å²) < 4.78 is 0. The number of carbonyl (C=O) groups excluding carboxylic acids is 1. The van der Waals surface area contributed by atoms with Gasteiger partial charge in [-0.3, -0.25) is 14.9 Å². The molecular weight excluding hydrogens is 254 g/mol. The predicted molar refractivity (Wildman–Crippen MR) is 66.2 cm³/mol. The largest absolute Gasteiger partial charge is 0.360 e. The number of hydrogen-bond acceptors (Lipinski definition) is 8. The van der Waals surface area contributed by atoms with Gasteiger partial charge in [-0.1, -0.05) is 0 Å². The molecule has 0 radical (unpaired) electrons. The van der Waals surface area contributed by atoms with Crippen molar-refractivity contribution < 1.29 is 9.72 Å². The van der Waals surface area contributed by atoms with Gasteiger partial charge in [0.05, 0.1) is 4.92 Å². The maximum Gasteiger partial charge on any atom is 0.354 e. The molecule has 0 saturated carbocycles. The zero-order valence-corrected chi connectivity index (χ0v) is 9.92. The van der Waals surface area contributed by atoms with Gasteiger partial charge in [0.2, 0.25) is 17.5 Å². The highest BCUT2D eigenvalue weighted by Gasteiger charge is 2.26. The topological polar surface area (TPSA) is 148 Å². The third-order valence-electron chi connectivity index (χ3n) is 2.75. The number of aromatic nitrogens is 2. The molecule has 1 aliphatic heterocycles. The van der Waals surface area contributed by atoms with Crippen LogP contribution in [0, 0.1) is 10.1 Å². The van der Waals surface area contributed by atoms with Crippen LogP contribution >= 0.6 is 0 Å². The van der Waals surface area contributed by atoms with Crippen LogP contribution in [0.15, 0.2) is 6.33 Å². The van der Waals surface area contributed by atoms with Gasteiger partial charge < -0.3 is 16.1 Å². The fraction of sp³-hybridized carbons (Fsp3) is 0.444. The minimum absolute atomic E-state index is 0.0282. The predicted octanol–water partition coefficient (Wildman–Crippen LogP) is -0.639. The summed E-state index contributed by atoms with van der Waals surface area (Å²) in [6.07, 6.45) is 2.13. The Morgan fingerprint density at radius 3 is 2.79 bits per heavy atom. The molecule has 1 aromatic heterocycles. The van der Waals surface area contributed by atoms with Crippen LogP contribution in [-0.4, -0.2) is 33.4 Å². The van der Waals surface area contributed by atoms with E-state index in [0.29, 0.717) is 19.4 Å². The van der Waals surface area contributed by atoms with Crippen molar-refractivity contribution in [2.24, 2.45) is 5.84 Å². The monoisotopic (exact) mass is 267 g/mol. The first kappa shape index (κ1) is 13.0. The Morgan fingerprint density at radius 2 is 2.21 bits per heavy atom. The molecule has 0 bridgehead atoms. The number of rotatable bonds is 4. The van der Waals surface area contributed by atoms with Crippen LogP contribution in [0.1, 0.15) is 12.8 Å². The zero-order valence-electron chi connectivity index (χ0n) is 9.92. The van der Waals surface area contributed by atoms with E-state index < -0.39 is 4.92 Å². The minimum atomic E-state index is -0.612. The van der Waals surface area contributed by atoms with Crippen LogP contribution in [0.25, 0.3) is 0 Å². The third kappa shape index (κ3) is 2.85. The van der Waals surface area contributed by atoms with E-state index in [9.17, 15) is 14.9 Å². The molecule has 1 saturated heterocycles. The molecule has 0 aromatic carbocycles. The van der Waals surface area contributed by atoms with Crippen molar-refractivity contribution in [2.75, 3.05) is 17.3 Å². The highest BCUT2D eigenvalue weighted by Crippen LogP contribution is 2.29. The number of carbonyl (C=O) groups is 1. The van der Waals surface area contributed by atoms with E-state index in [1.54, 1.807) is 0 Å². The van der Waals surface area contributed by atoms with Gasteiger partial charge >= 0.3 is 5.69 Å². The van der Waals surface area contributed by atoms with Crippen LogP contribution in [0.4, 0.5) is 17.3 Å². The lowest BCUT2D eigenvalue weighted by molar-refractivity contribution is -0.383. The summed E-state index contributed by atoms with van der Waals surface area (Å²) in [4.78, 5) is 29.0. The summed E-state index contributed by atoms with van der Waals surface area (Å²) in [6, 6.07) is -0.114. The van der Waals surface area contributed by atoms with Gasteiger partial charge in [-0.25, -0.2) is 15.8 Å². The van der Waals surface area contributed by atoms with E-state index in [1.165, 1.54) is 6.33 Å². The van der Waals surface area contributed by atoms with E-state index in [-0.39, 0.29) is 29.3 Å². The average Bonchev–Trinajstić information content (AvgIpc) is 2.40. The summed E-state index contributed by atoms with van der Waals surface area (Å²) in [5, 5.41) is 16.6. The summed E-state index contributed by atoms with van der Waals surface area (Å²) in [5.74, 6) is 5.16. The third-order valence-corrected chi connectivity index (χ3v) is 2.75. The number of nitrogen functional groups attached to an aromatic ring is 1. The number of anilines is 2. The number of nitro groups is 1. The molecule has 10 heteroatoms. The van der Waals surface area contributed by atoms with Crippen LogP contribution in [0.3, 0.4) is 0 Å². The SMILES string of the molecule is NNc1ncnc(NC2CCC(=O)NC2)c1[N+](=O)[O-]. The van der Waals surface area contributed by atoms with Gasteiger partial charge in [0.1, 0.15) is 6.33 Å². The quantitative estimate of drug-likeness (QED) is 0.320. The zero-order chi connectivity index (χ0) is 13.8. The van der Waals surface area contributed by atoms with Gasteiger partial charge in [-0.05, 0) is 6.42 Å². The van der Waals surface area contributed by atoms with Crippen molar-refractivity contribution in [2.45, 2.75) is 18.9 Å². The maximum atomic E-state index is 11.0. The molecule has 2 heterocycles. The van der Waals surface area contributed by atoms with Crippen LogP contribution in [0.5, 0.6) is 0 Å². The molecule has 0 spiro atoms. The Hall–Kier alpha value is -2.49. The van der Waals surface area contributed by atoms with Gasteiger partial charge in [0.15, 0.2) is 0 Å². The lowest BCUT2D eigenvalue weighted by Crippen LogP contribution is -2.42. The molecule has 102 valence electrons. The standard InChI is InChI=1S/C9H13N7O3/c10-15-9-7(16(18)19)8(12-4-13-9)14-5-1-2-6(17)11-3-5/h4-5H,1-3,10H2,(H,11,17)(H2,12,13,14,15). The average molecular weight is 267 g/mol. The minimum Gasteiger partial charge on any atom is -0.360 e. The number of nitrogens with zero attached hydrogens (tertiary/aromatic N) is 3. The second kappa shape index (κ2) is 5.44. The number of hydrogen-bond donors (Lipinski definition) is 4. The smallest absolute Gasteiger partial charge is 0.354 e. The number of piperidine rings is 1. The Kier molecular flexibility index (Phi) is 3.71. The molecule has 2 rings (SSSR count). The van der Waals surface area contributed by atoms with Crippen molar-refractivity contribution in [3.8, 4) is 0 Å².